The molecular weight excluding hydrogens is 252 g/mol. The Morgan fingerprint density at radius 1 is 1.39 bits per heavy atom. The number of ether oxygens (including phenoxy) is 2. The van der Waals surface area contributed by atoms with Crippen LogP contribution < -0.4 is 15.2 Å². The Balaban J connectivity index is 2.35. The normalized spacial score (nSPS) is 15.5. The summed E-state index contributed by atoms with van der Waals surface area (Å²) in [6.45, 7) is 5.03. The lowest BCUT2D eigenvalue weighted by Crippen LogP contribution is -2.35. The molecule has 0 spiro atoms. The molecular formula is C13H19ClN2O2. The van der Waals surface area contributed by atoms with Crippen molar-refractivity contribution < 1.29 is 9.47 Å². The van der Waals surface area contributed by atoms with Crippen LogP contribution in [-0.4, -0.2) is 31.3 Å². The summed E-state index contributed by atoms with van der Waals surface area (Å²) in [7, 11) is 2.06. The van der Waals surface area contributed by atoms with Crippen molar-refractivity contribution in [1.82, 2.24) is 4.90 Å². The van der Waals surface area contributed by atoms with Gasteiger partial charge in [-0.2, -0.15) is 0 Å². The van der Waals surface area contributed by atoms with E-state index in [9.17, 15) is 0 Å². The van der Waals surface area contributed by atoms with Crippen LogP contribution in [0.1, 0.15) is 25.5 Å². The maximum Gasteiger partial charge on any atom is 0.231 e. The molecule has 2 rings (SSSR count). The molecule has 0 aliphatic carbocycles. The maximum absolute atomic E-state index is 6.20. The van der Waals surface area contributed by atoms with Crippen LogP contribution in [0.25, 0.3) is 0 Å². The van der Waals surface area contributed by atoms with E-state index >= 15 is 0 Å². The minimum Gasteiger partial charge on any atom is -0.454 e. The third-order valence-electron chi connectivity index (χ3n) is 3.36. The lowest BCUT2D eigenvalue weighted by Gasteiger charge is -2.31. The topological polar surface area (TPSA) is 47.7 Å². The van der Waals surface area contributed by atoms with Crippen LogP contribution in [0.2, 0.25) is 5.02 Å². The van der Waals surface area contributed by atoms with Crippen molar-refractivity contribution in [3.8, 4) is 11.5 Å². The van der Waals surface area contributed by atoms with Crippen molar-refractivity contribution in [3.05, 3.63) is 22.7 Å². The minimum atomic E-state index is 0.122. The van der Waals surface area contributed by atoms with Crippen molar-refractivity contribution in [2.24, 2.45) is 5.73 Å². The average molecular weight is 271 g/mol. The van der Waals surface area contributed by atoms with E-state index in [-0.39, 0.29) is 12.8 Å². The van der Waals surface area contributed by atoms with Gasteiger partial charge in [0.2, 0.25) is 6.79 Å². The molecule has 1 heterocycles. The highest BCUT2D eigenvalue weighted by atomic mass is 35.5. The fraction of sp³-hybridized carbons (Fsp3) is 0.538. The van der Waals surface area contributed by atoms with Crippen molar-refractivity contribution in [2.75, 3.05) is 20.4 Å². The minimum absolute atomic E-state index is 0.122. The molecule has 1 aliphatic heterocycles. The number of likely N-dealkylation sites (N-methyl/N-ethyl adjacent to an activating group) is 1. The fourth-order valence-electron chi connectivity index (χ4n) is 2.08. The molecule has 0 saturated carbocycles. The van der Waals surface area contributed by atoms with Crippen molar-refractivity contribution >= 4 is 11.6 Å². The van der Waals surface area contributed by atoms with Gasteiger partial charge in [0.25, 0.3) is 0 Å². The van der Waals surface area contributed by atoms with Crippen molar-refractivity contribution in [2.45, 2.75) is 25.9 Å². The molecule has 1 atom stereocenters. The lowest BCUT2D eigenvalue weighted by atomic mass is 10.0. The molecule has 1 aromatic rings. The molecule has 5 heteroatoms. The van der Waals surface area contributed by atoms with E-state index in [1.165, 1.54) is 0 Å². The predicted molar refractivity (Wildman–Crippen MR) is 72.3 cm³/mol. The first-order valence-corrected chi connectivity index (χ1v) is 6.43. The standard InChI is InChI=1S/C13H19ClN2O2/c1-8(2)16(3)11(6-15)9-4-10(14)13-12(5-9)17-7-18-13/h4-5,8,11H,6-7,15H2,1-3H3. The van der Waals surface area contributed by atoms with Gasteiger partial charge < -0.3 is 15.2 Å². The molecule has 0 fully saturated rings. The van der Waals surface area contributed by atoms with Crippen molar-refractivity contribution in [1.29, 1.82) is 0 Å². The van der Waals surface area contributed by atoms with Gasteiger partial charge in [-0.05, 0) is 38.6 Å². The molecule has 0 amide bonds. The summed E-state index contributed by atoms with van der Waals surface area (Å²) in [6, 6.07) is 4.40. The number of rotatable bonds is 4. The molecule has 0 aromatic heterocycles. The highest BCUT2D eigenvalue weighted by Crippen LogP contribution is 2.41. The molecule has 1 aliphatic rings. The number of halogens is 1. The third-order valence-corrected chi connectivity index (χ3v) is 3.64. The number of nitrogens with zero attached hydrogens (tertiary/aromatic N) is 1. The van der Waals surface area contributed by atoms with Gasteiger partial charge in [0.15, 0.2) is 11.5 Å². The van der Waals surface area contributed by atoms with E-state index in [4.69, 9.17) is 26.8 Å². The highest BCUT2D eigenvalue weighted by Gasteiger charge is 2.24. The number of hydrogen-bond donors (Lipinski definition) is 1. The Morgan fingerprint density at radius 2 is 2.11 bits per heavy atom. The molecule has 2 N–H and O–H groups in total. The van der Waals surface area contributed by atoms with Gasteiger partial charge in [0, 0.05) is 18.6 Å². The van der Waals surface area contributed by atoms with E-state index in [0.29, 0.717) is 29.1 Å². The second kappa shape index (κ2) is 5.34. The summed E-state index contributed by atoms with van der Waals surface area (Å²) >= 11 is 6.20. The molecule has 4 nitrogen and oxygen atoms in total. The van der Waals surface area contributed by atoms with E-state index in [1.807, 2.05) is 12.1 Å². The quantitative estimate of drug-likeness (QED) is 0.913. The summed E-state index contributed by atoms with van der Waals surface area (Å²) in [5.74, 6) is 1.33. The van der Waals surface area contributed by atoms with Gasteiger partial charge in [-0.1, -0.05) is 11.6 Å². The Kier molecular flexibility index (Phi) is 4.00. The molecule has 0 bridgehead atoms. The number of nitrogens with two attached hydrogens (primary N) is 1. The van der Waals surface area contributed by atoms with Crippen LogP contribution in [0.5, 0.6) is 11.5 Å². The van der Waals surface area contributed by atoms with Gasteiger partial charge >= 0.3 is 0 Å². The largest absolute Gasteiger partial charge is 0.454 e. The maximum atomic E-state index is 6.20. The summed E-state index contributed by atoms with van der Waals surface area (Å²) in [5.41, 5.74) is 6.94. The van der Waals surface area contributed by atoms with E-state index in [0.717, 1.165) is 5.56 Å². The van der Waals surface area contributed by atoms with Gasteiger partial charge in [0.1, 0.15) is 0 Å². The summed E-state index contributed by atoms with van der Waals surface area (Å²) in [5, 5.41) is 0.579. The van der Waals surface area contributed by atoms with E-state index in [2.05, 4.69) is 25.8 Å². The number of hydrogen-bond acceptors (Lipinski definition) is 4. The summed E-state index contributed by atoms with van der Waals surface area (Å²) < 4.78 is 10.7. The van der Waals surface area contributed by atoms with Crippen LogP contribution in [-0.2, 0) is 0 Å². The SMILES string of the molecule is CC(C)N(C)C(CN)c1cc(Cl)c2c(c1)OCO2. The third kappa shape index (κ3) is 2.41. The fourth-order valence-corrected chi connectivity index (χ4v) is 2.35. The molecule has 18 heavy (non-hydrogen) atoms. The van der Waals surface area contributed by atoms with Crippen LogP contribution in [0.3, 0.4) is 0 Å². The van der Waals surface area contributed by atoms with Crippen LogP contribution >= 0.6 is 11.6 Å². The number of fused-ring (bicyclic) bond motifs is 1. The molecule has 1 aromatic carbocycles. The number of benzene rings is 1. The Labute approximate surface area is 113 Å². The van der Waals surface area contributed by atoms with E-state index < -0.39 is 0 Å². The van der Waals surface area contributed by atoms with Crippen LogP contribution in [0.15, 0.2) is 12.1 Å². The highest BCUT2D eigenvalue weighted by molar-refractivity contribution is 6.32. The van der Waals surface area contributed by atoms with E-state index in [1.54, 1.807) is 0 Å². The molecule has 0 saturated heterocycles. The zero-order valence-corrected chi connectivity index (χ0v) is 11.7. The van der Waals surface area contributed by atoms with Crippen molar-refractivity contribution in [3.63, 3.8) is 0 Å². The zero-order chi connectivity index (χ0) is 13.3. The Morgan fingerprint density at radius 3 is 2.72 bits per heavy atom. The van der Waals surface area contributed by atoms with Gasteiger partial charge in [-0.3, -0.25) is 4.90 Å². The van der Waals surface area contributed by atoms with Crippen LogP contribution in [0.4, 0.5) is 0 Å². The molecule has 0 radical (unpaired) electrons. The second-order valence-corrected chi connectivity index (χ2v) is 5.15. The summed E-state index contributed by atoms with van der Waals surface area (Å²) in [4.78, 5) is 2.22. The first-order chi connectivity index (χ1) is 8.54. The molecule has 100 valence electrons. The monoisotopic (exact) mass is 270 g/mol. The summed E-state index contributed by atoms with van der Waals surface area (Å²) in [6.07, 6.45) is 0. The van der Waals surface area contributed by atoms with Gasteiger partial charge in [-0.25, -0.2) is 0 Å². The first kappa shape index (κ1) is 13.5. The molecule has 1 unspecified atom stereocenters. The Hall–Kier alpha value is -0.970. The average Bonchev–Trinajstić information content (AvgIpc) is 2.78. The van der Waals surface area contributed by atoms with Gasteiger partial charge in [-0.15, -0.1) is 0 Å². The smallest absolute Gasteiger partial charge is 0.231 e. The zero-order valence-electron chi connectivity index (χ0n) is 10.9. The lowest BCUT2D eigenvalue weighted by molar-refractivity contribution is 0.173. The van der Waals surface area contributed by atoms with Gasteiger partial charge in [0.05, 0.1) is 5.02 Å². The second-order valence-electron chi connectivity index (χ2n) is 4.75. The Bertz CT molecular complexity index is 437. The predicted octanol–water partition coefficient (Wildman–Crippen LogP) is 2.41. The first-order valence-electron chi connectivity index (χ1n) is 6.05. The van der Waals surface area contributed by atoms with Crippen LogP contribution in [0, 0.1) is 0 Å².